The summed E-state index contributed by atoms with van der Waals surface area (Å²) in [6.07, 6.45) is 6.64. The van der Waals surface area contributed by atoms with Crippen molar-refractivity contribution in [1.82, 2.24) is 9.78 Å². The molecule has 0 spiro atoms. The van der Waals surface area contributed by atoms with E-state index in [1.54, 1.807) is 47.3 Å². The van der Waals surface area contributed by atoms with E-state index in [1.165, 1.54) is 5.56 Å². The van der Waals surface area contributed by atoms with E-state index in [0.717, 1.165) is 24.8 Å². The highest BCUT2D eigenvalue weighted by Gasteiger charge is 2.18. The molecule has 2 aromatic carbocycles. The molecule has 0 atom stereocenters. The molecule has 3 aromatic rings. The molecule has 7 heteroatoms. The van der Waals surface area contributed by atoms with Gasteiger partial charge in [0.15, 0.2) is 0 Å². The fourth-order valence-corrected chi connectivity index (χ4v) is 4.37. The third kappa shape index (κ3) is 4.14. The van der Waals surface area contributed by atoms with Gasteiger partial charge in [-0.1, -0.05) is 12.1 Å². The molecule has 27 heavy (non-hydrogen) atoms. The number of nitrogens with zero attached hydrogens (tertiary/aromatic N) is 2. The average molecular weight is 383 g/mol. The number of benzene rings is 2. The van der Waals surface area contributed by atoms with Gasteiger partial charge in [-0.25, -0.2) is 8.42 Å². The molecule has 0 radical (unpaired) electrons. The van der Waals surface area contributed by atoms with Gasteiger partial charge in [0.25, 0.3) is 10.0 Å². The molecule has 0 unspecified atom stereocenters. The third-order valence-electron chi connectivity index (χ3n) is 4.61. The van der Waals surface area contributed by atoms with Gasteiger partial charge in [0.05, 0.1) is 17.1 Å². The van der Waals surface area contributed by atoms with Crippen LogP contribution in [0, 0.1) is 0 Å². The second-order valence-electron chi connectivity index (χ2n) is 6.53. The topological polar surface area (TPSA) is 73.2 Å². The van der Waals surface area contributed by atoms with Crippen molar-refractivity contribution in [2.45, 2.75) is 30.7 Å². The molecule has 1 N–H and O–H groups in total. The van der Waals surface area contributed by atoms with Gasteiger partial charge in [0.2, 0.25) is 0 Å². The minimum absolute atomic E-state index is 0.299. The van der Waals surface area contributed by atoms with Crippen LogP contribution in [0.4, 0.5) is 5.69 Å². The number of nitrogens with one attached hydrogen (secondary N) is 1. The molecule has 1 aliphatic rings. The molecule has 1 aromatic heterocycles. The van der Waals surface area contributed by atoms with Gasteiger partial charge in [-0.05, 0) is 60.7 Å². The second kappa shape index (κ2) is 7.44. The lowest BCUT2D eigenvalue weighted by Crippen LogP contribution is -2.13. The van der Waals surface area contributed by atoms with Crippen molar-refractivity contribution >= 4 is 15.7 Å². The predicted octanol–water partition coefficient (Wildman–Crippen LogP) is 3.25. The van der Waals surface area contributed by atoms with E-state index in [4.69, 9.17) is 4.74 Å². The molecule has 0 fully saturated rings. The lowest BCUT2D eigenvalue weighted by molar-refractivity contribution is 0.291. The van der Waals surface area contributed by atoms with Crippen molar-refractivity contribution in [2.24, 2.45) is 0 Å². The Morgan fingerprint density at radius 2 is 1.96 bits per heavy atom. The van der Waals surface area contributed by atoms with E-state index in [1.807, 2.05) is 18.3 Å². The summed E-state index contributed by atoms with van der Waals surface area (Å²) in [6, 6.07) is 14.2. The minimum Gasteiger partial charge on any atom is -0.492 e. The Morgan fingerprint density at radius 1 is 1.07 bits per heavy atom. The zero-order valence-corrected chi connectivity index (χ0v) is 15.7. The first-order chi connectivity index (χ1) is 13.1. The zero-order valence-electron chi connectivity index (χ0n) is 14.8. The highest BCUT2D eigenvalue weighted by atomic mass is 32.2. The molecule has 0 bridgehead atoms. The number of aryl methyl sites for hydroxylation is 2. The van der Waals surface area contributed by atoms with Gasteiger partial charge in [-0.15, -0.1) is 0 Å². The summed E-state index contributed by atoms with van der Waals surface area (Å²) in [4.78, 5) is 0.299. The van der Waals surface area contributed by atoms with Crippen molar-refractivity contribution in [3.8, 4) is 5.75 Å². The third-order valence-corrected chi connectivity index (χ3v) is 5.99. The van der Waals surface area contributed by atoms with Crippen LogP contribution in [0.1, 0.15) is 17.5 Å². The summed E-state index contributed by atoms with van der Waals surface area (Å²) in [5.74, 6) is 0.608. The molecule has 0 amide bonds. The van der Waals surface area contributed by atoms with Gasteiger partial charge in [-0.2, -0.15) is 5.10 Å². The fraction of sp³-hybridized carbons (Fsp3) is 0.250. The lowest BCUT2D eigenvalue weighted by Gasteiger charge is -2.11. The normalized spacial score (nSPS) is 13.3. The standard InChI is InChI=1S/C20H21N3O3S/c24-27(25,20-9-8-16-4-1-5-17(16)14-20)22-18-6-2-7-19(15-18)26-13-12-23-11-3-10-21-23/h2-3,6-11,14-15,22H,1,4-5,12-13H2. The Hall–Kier alpha value is -2.80. The Labute approximate surface area is 158 Å². The summed E-state index contributed by atoms with van der Waals surface area (Å²) in [6.45, 7) is 1.07. The number of sulfonamides is 1. The molecule has 1 heterocycles. The number of anilines is 1. The van der Waals surface area contributed by atoms with Crippen LogP contribution < -0.4 is 9.46 Å². The Bertz CT molecular complexity index is 1030. The zero-order chi connectivity index (χ0) is 18.7. The summed E-state index contributed by atoms with van der Waals surface area (Å²) < 4.78 is 35.6. The SMILES string of the molecule is O=S(=O)(Nc1cccc(OCCn2cccn2)c1)c1ccc2c(c1)CCC2. The molecular formula is C20H21N3O3S. The first-order valence-corrected chi connectivity index (χ1v) is 10.4. The first-order valence-electron chi connectivity index (χ1n) is 8.95. The van der Waals surface area contributed by atoms with Gasteiger partial charge in [-0.3, -0.25) is 9.40 Å². The predicted molar refractivity (Wildman–Crippen MR) is 103 cm³/mol. The number of hydrogen-bond donors (Lipinski definition) is 1. The van der Waals surface area contributed by atoms with Crippen LogP contribution in [0.5, 0.6) is 5.75 Å². The molecule has 0 saturated carbocycles. The molecule has 6 nitrogen and oxygen atoms in total. The van der Waals surface area contributed by atoms with Crippen molar-refractivity contribution in [1.29, 1.82) is 0 Å². The van der Waals surface area contributed by atoms with E-state index in [2.05, 4.69) is 9.82 Å². The summed E-state index contributed by atoms with van der Waals surface area (Å²) in [7, 11) is -3.63. The number of hydrogen-bond acceptors (Lipinski definition) is 4. The molecular weight excluding hydrogens is 362 g/mol. The Kier molecular flexibility index (Phi) is 4.85. The maximum absolute atomic E-state index is 12.7. The highest BCUT2D eigenvalue weighted by Crippen LogP contribution is 2.26. The van der Waals surface area contributed by atoms with Crippen LogP contribution >= 0.6 is 0 Å². The number of fused-ring (bicyclic) bond motifs is 1. The van der Waals surface area contributed by atoms with E-state index in [-0.39, 0.29) is 0 Å². The van der Waals surface area contributed by atoms with E-state index >= 15 is 0 Å². The van der Waals surface area contributed by atoms with Crippen molar-refractivity contribution < 1.29 is 13.2 Å². The van der Waals surface area contributed by atoms with Crippen molar-refractivity contribution in [3.05, 3.63) is 72.1 Å². The number of ether oxygens (including phenoxy) is 1. The Balaban J connectivity index is 1.44. The monoisotopic (exact) mass is 383 g/mol. The molecule has 0 aliphatic heterocycles. The highest BCUT2D eigenvalue weighted by molar-refractivity contribution is 7.92. The average Bonchev–Trinajstić information content (AvgIpc) is 3.32. The maximum Gasteiger partial charge on any atom is 0.261 e. The van der Waals surface area contributed by atoms with E-state index < -0.39 is 10.0 Å². The van der Waals surface area contributed by atoms with Crippen LogP contribution in [-0.4, -0.2) is 24.8 Å². The van der Waals surface area contributed by atoms with Crippen molar-refractivity contribution in [2.75, 3.05) is 11.3 Å². The summed E-state index contributed by atoms with van der Waals surface area (Å²) in [5, 5.41) is 4.12. The van der Waals surface area contributed by atoms with Crippen molar-refractivity contribution in [3.63, 3.8) is 0 Å². The quantitative estimate of drug-likeness (QED) is 0.680. The van der Waals surface area contributed by atoms with Crippen LogP contribution in [0.25, 0.3) is 0 Å². The minimum atomic E-state index is -3.63. The van der Waals surface area contributed by atoms with Crippen LogP contribution in [0.15, 0.2) is 65.8 Å². The number of rotatable bonds is 7. The number of aromatic nitrogens is 2. The molecule has 4 rings (SSSR count). The van der Waals surface area contributed by atoms with Gasteiger partial charge >= 0.3 is 0 Å². The first kappa shape index (κ1) is 17.6. The fourth-order valence-electron chi connectivity index (χ4n) is 3.27. The van der Waals surface area contributed by atoms with Gasteiger partial charge in [0, 0.05) is 18.5 Å². The van der Waals surface area contributed by atoms with Crippen LogP contribution in [-0.2, 0) is 29.4 Å². The maximum atomic E-state index is 12.7. The van der Waals surface area contributed by atoms with Crippen LogP contribution in [0.2, 0.25) is 0 Å². The summed E-state index contributed by atoms with van der Waals surface area (Å²) >= 11 is 0. The van der Waals surface area contributed by atoms with Gasteiger partial charge < -0.3 is 4.74 Å². The Morgan fingerprint density at radius 3 is 2.81 bits per heavy atom. The van der Waals surface area contributed by atoms with Crippen LogP contribution in [0.3, 0.4) is 0 Å². The molecule has 1 aliphatic carbocycles. The van der Waals surface area contributed by atoms with E-state index in [9.17, 15) is 8.42 Å². The smallest absolute Gasteiger partial charge is 0.261 e. The molecule has 0 saturated heterocycles. The largest absolute Gasteiger partial charge is 0.492 e. The lowest BCUT2D eigenvalue weighted by atomic mass is 10.1. The molecule has 140 valence electrons. The van der Waals surface area contributed by atoms with E-state index in [0.29, 0.717) is 29.5 Å². The van der Waals surface area contributed by atoms with Gasteiger partial charge in [0.1, 0.15) is 12.4 Å². The summed E-state index contributed by atoms with van der Waals surface area (Å²) in [5.41, 5.74) is 2.86. The second-order valence-corrected chi connectivity index (χ2v) is 8.22.